The van der Waals surface area contributed by atoms with Crippen molar-refractivity contribution in [2.45, 2.75) is 20.5 Å². The van der Waals surface area contributed by atoms with Gasteiger partial charge in [-0.25, -0.2) is 0 Å². The topological polar surface area (TPSA) is 29.5 Å². The SMILES string of the molecule is Cc1cc(C)cc(COc2cccc(O)c2)c1. The Labute approximate surface area is 101 Å². The summed E-state index contributed by atoms with van der Waals surface area (Å²) >= 11 is 0. The van der Waals surface area contributed by atoms with Gasteiger partial charge in [0.2, 0.25) is 0 Å². The van der Waals surface area contributed by atoms with Gasteiger partial charge in [-0.3, -0.25) is 0 Å². The number of hydrogen-bond acceptors (Lipinski definition) is 2. The summed E-state index contributed by atoms with van der Waals surface area (Å²) in [5, 5.41) is 9.32. The van der Waals surface area contributed by atoms with E-state index in [9.17, 15) is 5.11 Å². The van der Waals surface area contributed by atoms with E-state index in [-0.39, 0.29) is 5.75 Å². The zero-order valence-corrected chi connectivity index (χ0v) is 10.1. The molecule has 0 amide bonds. The summed E-state index contributed by atoms with van der Waals surface area (Å²) in [7, 11) is 0. The minimum Gasteiger partial charge on any atom is -0.508 e. The first kappa shape index (κ1) is 11.5. The number of hydrogen-bond donors (Lipinski definition) is 1. The van der Waals surface area contributed by atoms with Gasteiger partial charge in [-0.05, 0) is 31.5 Å². The molecular formula is C15H16O2. The van der Waals surface area contributed by atoms with Crippen molar-refractivity contribution in [1.82, 2.24) is 0 Å². The number of aromatic hydroxyl groups is 1. The number of aryl methyl sites for hydroxylation is 2. The minimum absolute atomic E-state index is 0.225. The first-order chi connectivity index (χ1) is 8.13. The second kappa shape index (κ2) is 4.91. The van der Waals surface area contributed by atoms with Crippen molar-refractivity contribution in [1.29, 1.82) is 0 Å². The van der Waals surface area contributed by atoms with Crippen LogP contribution in [0.4, 0.5) is 0 Å². The molecule has 2 aromatic carbocycles. The maximum atomic E-state index is 9.32. The van der Waals surface area contributed by atoms with Crippen molar-refractivity contribution in [3.8, 4) is 11.5 Å². The highest BCUT2D eigenvalue weighted by molar-refractivity contribution is 5.33. The van der Waals surface area contributed by atoms with E-state index >= 15 is 0 Å². The summed E-state index contributed by atoms with van der Waals surface area (Å²) in [5.74, 6) is 0.909. The largest absolute Gasteiger partial charge is 0.508 e. The molecule has 0 aliphatic rings. The van der Waals surface area contributed by atoms with Crippen LogP contribution in [0.3, 0.4) is 0 Å². The van der Waals surface area contributed by atoms with Gasteiger partial charge in [0.1, 0.15) is 18.1 Å². The van der Waals surface area contributed by atoms with E-state index in [4.69, 9.17) is 4.74 Å². The lowest BCUT2D eigenvalue weighted by atomic mass is 10.1. The van der Waals surface area contributed by atoms with E-state index in [0.29, 0.717) is 12.4 Å². The van der Waals surface area contributed by atoms with Crippen molar-refractivity contribution in [3.05, 3.63) is 59.2 Å². The van der Waals surface area contributed by atoms with E-state index in [2.05, 4.69) is 32.0 Å². The molecule has 0 heterocycles. The first-order valence-electron chi connectivity index (χ1n) is 5.62. The van der Waals surface area contributed by atoms with Crippen LogP contribution in [0, 0.1) is 13.8 Å². The lowest BCUT2D eigenvalue weighted by Gasteiger charge is -2.08. The standard InChI is InChI=1S/C15H16O2/c1-11-6-12(2)8-13(7-11)10-17-15-5-3-4-14(16)9-15/h3-9,16H,10H2,1-2H3. The third-order valence-electron chi connectivity index (χ3n) is 2.50. The third kappa shape index (κ3) is 3.25. The van der Waals surface area contributed by atoms with Crippen molar-refractivity contribution in [3.63, 3.8) is 0 Å². The van der Waals surface area contributed by atoms with Gasteiger partial charge in [0.25, 0.3) is 0 Å². The van der Waals surface area contributed by atoms with E-state index in [1.165, 1.54) is 11.1 Å². The summed E-state index contributed by atoms with van der Waals surface area (Å²) in [5.41, 5.74) is 3.62. The predicted molar refractivity (Wildman–Crippen MR) is 68.4 cm³/mol. The zero-order chi connectivity index (χ0) is 12.3. The highest BCUT2D eigenvalue weighted by Crippen LogP contribution is 2.19. The van der Waals surface area contributed by atoms with E-state index in [1.54, 1.807) is 18.2 Å². The zero-order valence-electron chi connectivity index (χ0n) is 10.1. The number of phenols is 1. The van der Waals surface area contributed by atoms with Crippen LogP contribution >= 0.6 is 0 Å². The Bertz CT molecular complexity index is 498. The van der Waals surface area contributed by atoms with Gasteiger partial charge < -0.3 is 9.84 Å². The Kier molecular flexibility index (Phi) is 3.33. The fourth-order valence-corrected chi connectivity index (χ4v) is 1.89. The molecule has 2 nitrogen and oxygen atoms in total. The molecule has 0 spiro atoms. The summed E-state index contributed by atoms with van der Waals surface area (Å²) in [6.45, 7) is 4.67. The van der Waals surface area contributed by atoms with Crippen LogP contribution in [0.25, 0.3) is 0 Å². The Hall–Kier alpha value is -1.96. The molecule has 0 unspecified atom stereocenters. The number of benzene rings is 2. The normalized spacial score (nSPS) is 10.2. The number of rotatable bonds is 3. The fraction of sp³-hybridized carbons (Fsp3) is 0.200. The molecule has 2 heteroatoms. The molecular weight excluding hydrogens is 212 g/mol. The molecule has 0 radical (unpaired) electrons. The lowest BCUT2D eigenvalue weighted by molar-refractivity contribution is 0.304. The summed E-state index contributed by atoms with van der Waals surface area (Å²) in [6, 6.07) is 13.2. The highest BCUT2D eigenvalue weighted by Gasteiger charge is 1.99. The quantitative estimate of drug-likeness (QED) is 0.870. The second-order valence-corrected chi connectivity index (χ2v) is 4.28. The molecule has 0 bridgehead atoms. The Morgan fingerprint density at radius 2 is 1.71 bits per heavy atom. The molecule has 1 N–H and O–H groups in total. The summed E-state index contributed by atoms with van der Waals surface area (Å²) in [4.78, 5) is 0. The summed E-state index contributed by atoms with van der Waals surface area (Å²) in [6.07, 6.45) is 0. The molecule has 0 saturated carbocycles. The Balaban J connectivity index is 2.07. The van der Waals surface area contributed by atoms with Gasteiger partial charge >= 0.3 is 0 Å². The second-order valence-electron chi connectivity index (χ2n) is 4.28. The van der Waals surface area contributed by atoms with Crippen LogP contribution in [-0.4, -0.2) is 5.11 Å². The van der Waals surface area contributed by atoms with E-state index < -0.39 is 0 Å². The van der Waals surface area contributed by atoms with Crippen LogP contribution in [-0.2, 0) is 6.61 Å². The van der Waals surface area contributed by atoms with Gasteiger partial charge in [0, 0.05) is 6.07 Å². The van der Waals surface area contributed by atoms with Crippen molar-refractivity contribution >= 4 is 0 Å². The van der Waals surface area contributed by atoms with E-state index in [1.807, 2.05) is 6.07 Å². The van der Waals surface area contributed by atoms with Crippen LogP contribution in [0.15, 0.2) is 42.5 Å². The minimum atomic E-state index is 0.225. The molecule has 2 aromatic rings. The molecule has 0 aromatic heterocycles. The molecule has 88 valence electrons. The monoisotopic (exact) mass is 228 g/mol. The van der Waals surface area contributed by atoms with Gasteiger partial charge in [-0.1, -0.05) is 35.4 Å². The molecule has 17 heavy (non-hydrogen) atoms. The van der Waals surface area contributed by atoms with E-state index in [0.717, 1.165) is 5.56 Å². The molecule has 0 fully saturated rings. The maximum absolute atomic E-state index is 9.32. The first-order valence-corrected chi connectivity index (χ1v) is 5.62. The maximum Gasteiger partial charge on any atom is 0.123 e. The Morgan fingerprint density at radius 3 is 2.35 bits per heavy atom. The molecule has 0 aliphatic carbocycles. The highest BCUT2D eigenvalue weighted by atomic mass is 16.5. The van der Waals surface area contributed by atoms with Crippen LogP contribution in [0.2, 0.25) is 0 Å². The van der Waals surface area contributed by atoms with Crippen LogP contribution in [0.1, 0.15) is 16.7 Å². The fourth-order valence-electron chi connectivity index (χ4n) is 1.89. The summed E-state index contributed by atoms with van der Waals surface area (Å²) < 4.78 is 5.62. The third-order valence-corrected chi connectivity index (χ3v) is 2.50. The van der Waals surface area contributed by atoms with Gasteiger partial charge in [0.15, 0.2) is 0 Å². The molecule has 2 rings (SSSR count). The van der Waals surface area contributed by atoms with Gasteiger partial charge in [-0.15, -0.1) is 0 Å². The molecule has 0 aliphatic heterocycles. The van der Waals surface area contributed by atoms with Crippen molar-refractivity contribution in [2.24, 2.45) is 0 Å². The lowest BCUT2D eigenvalue weighted by Crippen LogP contribution is -1.96. The predicted octanol–water partition coefficient (Wildman–Crippen LogP) is 3.59. The average molecular weight is 228 g/mol. The van der Waals surface area contributed by atoms with Gasteiger partial charge in [0.05, 0.1) is 0 Å². The van der Waals surface area contributed by atoms with Crippen molar-refractivity contribution in [2.75, 3.05) is 0 Å². The molecule has 0 saturated heterocycles. The number of ether oxygens (including phenoxy) is 1. The molecule has 0 atom stereocenters. The van der Waals surface area contributed by atoms with Crippen LogP contribution < -0.4 is 4.74 Å². The smallest absolute Gasteiger partial charge is 0.123 e. The Morgan fingerprint density at radius 1 is 1.00 bits per heavy atom. The van der Waals surface area contributed by atoms with Crippen LogP contribution in [0.5, 0.6) is 11.5 Å². The number of phenolic OH excluding ortho intramolecular Hbond substituents is 1. The average Bonchev–Trinajstić information content (AvgIpc) is 2.25. The van der Waals surface area contributed by atoms with Crippen molar-refractivity contribution < 1.29 is 9.84 Å². The van der Waals surface area contributed by atoms with Gasteiger partial charge in [-0.2, -0.15) is 0 Å².